The first kappa shape index (κ1) is 10.0. The summed E-state index contributed by atoms with van der Waals surface area (Å²) >= 11 is 0. The van der Waals surface area contributed by atoms with Gasteiger partial charge in [0.2, 0.25) is 0 Å². The summed E-state index contributed by atoms with van der Waals surface area (Å²) < 4.78 is 0. The van der Waals surface area contributed by atoms with Crippen molar-refractivity contribution in [1.82, 2.24) is 5.48 Å². The number of carbonyl (C=O) groups excluding carboxylic acids is 1. The van der Waals surface area contributed by atoms with Crippen molar-refractivity contribution in [3.05, 3.63) is 0 Å². The molecule has 0 aliphatic heterocycles. The summed E-state index contributed by atoms with van der Waals surface area (Å²) in [6, 6.07) is -0.933. The topological polar surface area (TPSA) is 84.6 Å². The molecule has 0 rings (SSSR count). The molecule has 0 saturated carbocycles. The summed E-state index contributed by atoms with van der Waals surface area (Å²) in [6.07, 6.45) is 0. The summed E-state index contributed by atoms with van der Waals surface area (Å²) in [5.41, 5.74) is 5.77. The minimum Gasteiger partial charge on any atom is -0.350 e. The quantitative estimate of drug-likeness (QED) is 0.214. The Morgan fingerprint density at radius 1 is 1.86 bits per heavy atom. The zero-order chi connectivity index (χ0) is 4.99. The zero-order valence-corrected chi connectivity index (χ0v) is 2.84. The number of hydrogen-bond donors (Lipinski definition) is 3. The second kappa shape index (κ2) is 5.96. The molecule has 6 heteroatoms. The lowest BCUT2D eigenvalue weighted by atomic mass is 11.2. The third kappa shape index (κ3) is 10.7. The molecule has 0 saturated heterocycles. The van der Waals surface area contributed by atoms with Crippen molar-refractivity contribution in [2.45, 2.75) is 0 Å². The van der Waals surface area contributed by atoms with Gasteiger partial charge in [0.1, 0.15) is 0 Å². The summed E-state index contributed by atoms with van der Waals surface area (Å²) in [7, 11) is 0. The van der Waals surface area contributed by atoms with Gasteiger partial charge >= 0.3 is 29.1 Å². The minimum atomic E-state index is -0.933. The number of hydroxylamine groups is 1. The van der Waals surface area contributed by atoms with Crippen LogP contribution < -0.4 is 11.2 Å². The highest BCUT2D eigenvalue weighted by Crippen LogP contribution is 1.48. The van der Waals surface area contributed by atoms with Gasteiger partial charge in [-0.2, -0.15) is 5.48 Å². The van der Waals surface area contributed by atoms with Gasteiger partial charge in [0.15, 0.2) is 0 Å². The second-order valence-corrected chi connectivity index (χ2v) is 0.558. The van der Waals surface area contributed by atoms with Crippen molar-refractivity contribution in [3.63, 3.8) is 0 Å². The van der Waals surface area contributed by atoms with Crippen molar-refractivity contribution in [2.24, 2.45) is 5.73 Å². The number of primary amides is 1. The highest BCUT2D eigenvalue weighted by atomic mass is 24.3. The molecular formula is CH6MgN2O3. The van der Waals surface area contributed by atoms with Crippen molar-refractivity contribution in [3.8, 4) is 0 Å². The van der Waals surface area contributed by atoms with Crippen LogP contribution >= 0.6 is 0 Å². The normalized spacial score (nSPS) is 6.43. The summed E-state index contributed by atoms with van der Waals surface area (Å²) in [5, 5.41) is 7.32. The maximum absolute atomic E-state index is 9.43. The molecule has 0 aromatic heterocycles. The largest absolute Gasteiger partial charge is 0.350 e. The number of hydrogen-bond acceptors (Lipinski definition) is 3. The van der Waals surface area contributed by atoms with Crippen LogP contribution in [0, 0.1) is 0 Å². The average Bonchev–Trinajstić information content (AvgIpc) is 1.35. The van der Waals surface area contributed by atoms with Crippen LogP contribution in [0.3, 0.4) is 0 Å². The fraction of sp³-hybridized carbons (Fsp3) is 0. The van der Waals surface area contributed by atoms with Crippen molar-refractivity contribution in [2.75, 3.05) is 0 Å². The number of nitrogens with one attached hydrogen (secondary N) is 1. The molecule has 0 radical (unpaired) electrons. The van der Waals surface area contributed by atoms with Crippen LogP contribution in [-0.4, -0.2) is 34.3 Å². The van der Waals surface area contributed by atoms with Crippen LogP contribution in [0.1, 0.15) is 0 Å². The molecule has 0 aromatic rings. The van der Waals surface area contributed by atoms with Gasteiger partial charge in [-0.1, -0.05) is 0 Å². The summed E-state index contributed by atoms with van der Waals surface area (Å²) in [4.78, 5) is 12.5. The van der Waals surface area contributed by atoms with Gasteiger partial charge < -0.3 is 5.73 Å². The third-order valence-corrected chi connectivity index (χ3v) is 0.146. The fourth-order valence-electron chi connectivity index (χ4n) is 0.0450. The van der Waals surface area contributed by atoms with Crippen molar-refractivity contribution < 1.29 is 15.0 Å². The molecule has 40 valence electrons. The lowest BCUT2D eigenvalue weighted by Crippen LogP contribution is -2.27. The molecule has 0 unspecified atom stereocenters. The molecule has 2 amide bonds. The average molecular weight is 118 g/mol. The first-order chi connectivity index (χ1) is 2.77. The Morgan fingerprint density at radius 2 is 2.29 bits per heavy atom. The highest BCUT2D eigenvalue weighted by Gasteiger charge is 1.81. The molecule has 0 fully saturated rings. The Labute approximate surface area is 55.9 Å². The third-order valence-electron chi connectivity index (χ3n) is 0.146. The van der Waals surface area contributed by atoms with Gasteiger partial charge in [-0.15, -0.1) is 4.99 Å². The van der Waals surface area contributed by atoms with Gasteiger partial charge in [-0.3, -0.25) is 0 Å². The second-order valence-electron chi connectivity index (χ2n) is 0.558. The number of carbonyl (C=O) groups is 1. The molecule has 7 heavy (non-hydrogen) atoms. The van der Waals surface area contributed by atoms with Crippen LogP contribution in [0.2, 0.25) is 0 Å². The molecule has 0 aliphatic rings. The number of rotatable bonds is 1. The van der Waals surface area contributed by atoms with Gasteiger partial charge in [-0.25, -0.2) is 10.1 Å². The Morgan fingerprint density at radius 3 is 2.29 bits per heavy atom. The molecule has 5 nitrogen and oxygen atoms in total. The van der Waals surface area contributed by atoms with Gasteiger partial charge in [0, 0.05) is 0 Å². The maximum Gasteiger partial charge on any atom is 0.338 e. The lowest BCUT2D eigenvalue weighted by molar-refractivity contribution is -0.276. The van der Waals surface area contributed by atoms with Crippen LogP contribution in [0.15, 0.2) is 0 Å². The summed E-state index contributed by atoms with van der Waals surface area (Å²) in [5.74, 6) is 0. The Kier molecular flexibility index (Phi) is 8.55. The molecular weight excluding hydrogens is 112 g/mol. The van der Waals surface area contributed by atoms with Gasteiger partial charge in [-0.05, 0) is 0 Å². The van der Waals surface area contributed by atoms with E-state index in [4.69, 9.17) is 5.26 Å². The van der Waals surface area contributed by atoms with E-state index in [-0.39, 0.29) is 23.1 Å². The van der Waals surface area contributed by atoms with E-state index in [0.717, 1.165) is 0 Å². The predicted molar refractivity (Wildman–Crippen MR) is 25.0 cm³/mol. The van der Waals surface area contributed by atoms with Crippen molar-refractivity contribution in [1.29, 1.82) is 0 Å². The lowest BCUT2D eigenvalue weighted by Gasteiger charge is -1.87. The Balaban J connectivity index is 0. The molecule has 0 bridgehead atoms. The first-order valence-electron chi connectivity index (χ1n) is 1.13. The van der Waals surface area contributed by atoms with E-state index in [2.05, 4.69) is 10.7 Å². The molecule has 0 heterocycles. The molecule has 4 N–H and O–H groups in total. The SMILES string of the molecule is NC(=O)NOO.[MgH2]. The molecule has 0 spiro atoms. The van der Waals surface area contributed by atoms with E-state index in [0.29, 0.717) is 0 Å². The van der Waals surface area contributed by atoms with E-state index < -0.39 is 6.03 Å². The van der Waals surface area contributed by atoms with E-state index in [1.165, 1.54) is 5.48 Å². The Hall–Kier alpha value is -0.0438. The number of nitrogens with two attached hydrogens (primary N) is 1. The zero-order valence-electron chi connectivity index (χ0n) is 2.84. The minimum absolute atomic E-state index is 0. The van der Waals surface area contributed by atoms with Crippen LogP contribution in [0.25, 0.3) is 0 Å². The number of amides is 2. The highest BCUT2D eigenvalue weighted by molar-refractivity contribution is 5.75. The van der Waals surface area contributed by atoms with Gasteiger partial charge in [0.05, 0.1) is 0 Å². The van der Waals surface area contributed by atoms with E-state index >= 15 is 0 Å². The van der Waals surface area contributed by atoms with E-state index in [1.54, 1.807) is 0 Å². The fourth-order valence-corrected chi connectivity index (χ4v) is 0.0450. The van der Waals surface area contributed by atoms with E-state index in [9.17, 15) is 4.79 Å². The van der Waals surface area contributed by atoms with Crippen molar-refractivity contribution >= 4 is 29.1 Å². The van der Waals surface area contributed by atoms with E-state index in [1.807, 2.05) is 0 Å². The van der Waals surface area contributed by atoms with Crippen LogP contribution in [0.5, 0.6) is 0 Å². The Bertz CT molecular complexity index is 56.9. The van der Waals surface area contributed by atoms with Gasteiger partial charge in [0.25, 0.3) is 0 Å². The summed E-state index contributed by atoms with van der Waals surface area (Å²) in [6.45, 7) is 0. The number of urea groups is 1. The molecule has 0 atom stereocenters. The van der Waals surface area contributed by atoms with Crippen LogP contribution in [0.4, 0.5) is 4.79 Å². The molecule has 0 aliphatic carbocycles. The predicted octanol–water partition coefficient (Wildman–Crippen LogP) is -1.86. The van der Waals surface area contributed by atoms with Crippen LogP contribution in [-0.2, 0) is 4.99 Å². The molecule has 0 aromatic carbocycles. The monoisotopic (exact) mass is 118 g/mol. The first-order valence-corrected chi connectivity index (χ1v) is 1.13. The standard InChI is InChI=1S/CH4N2O3.Mg.2H/c2-1(4)3-6-5;;;/h5H,(H3,2,3,4);;;. The smallest absolute Gasteiger partial charge is 0.338 e. The maximum atomic E-state index is 9.43.